The van der Waals surface area contributed by atoms with Crippen LogP contribution in [0.15, 0.2) is 11.8 Å². The van der Waals surface area contributed by atoms with Crippen LogP contribution in [0.2, 0.25) is 0 Å². The van der Waals surface area contributed by atoms with Gasteiger partial charge in [0.05, 0.1) is 18.2 Å². The van der Waals surface area contributed by atoms with Crippen molar-refractivity contribution in [1.82, 2.24) is 0 Å². The summed E-state index contributed by atoms with van der Waals surface area (Å²) in [6.07, 6.45) is 4.71. The van der Waals surface area contributed by atoms with Crippen molar-refractivity contribution in [1.29, 1.82) is 0 Å². The molecule has 1 atom stereocenters. The Balaban J connectivity index is 2.09. The fraction of sp³-hybridized carbons (Fsp3) is 0.818. The topological polar surface area (TPSA) is 53.7 Å². The van der Waals surface area contributed by atoms with Gasteiger partial charge in [-0.1, -0.05) is 0 Å². The number of ether oxygens (including phenoxy) is 3. The Morgan fingerprint density at radius 1 is 1.40 bits per heavy atom. The standard InChI is InChI=1S/C11H19NO3/c1-13-11(4-7-14-8-5-11)10(12)9-3-2-6-15-9/h3,10H,2,4-8,12H2,1H3. The molecule has 0 aromatic rings. The van der Waals surface area contributed by atoms with Crippen molar-refractivity contribution in [2.24, 2.45) is 5.73 Å². The van der Waals surface area contributed by atoms with Crippen LogP contribution in [0.25, 0.3) is 0 Å². The summed E-state index contributed by atoms with van der Waals surface area (Å²) in [6, 6.07) is -0.158. The highest BCUT2D eigenvalue weighted by atomic mass is 16.5. The van der Waals surface area contributed by atoms with E-state index in [1.54, 1.807) is 7.11 Å². The first-order valence-electron chi connectivity index (χ1n) is 5.50. The van der Waals surface area contributed by atoms with Gasteiger partial charge in [-0.05, 0) is 6.08 Å². The number of nitrogens with two attached hydrogens (primary N) is 1. The Hall–Kier alpha value is -0.580. The molecule has 15 heavy (non-hydrogen) atoms. The molecule has 0 aliphatic carbocycles. The summed E-state index contributed by atoms with van der Waals surface area (Å²) >= 11 is 0. The minimum absolute atomic E-state index is 0.158. The van der Waals surface area contributed by atoms with E-state index in [-0.39, 0.29) is 11.6 Å². The second kappa shape index (κ2) is 4.51. The maximum Gasteiger partial charge on any atom is 0.112 e. The van der Waals surface area contributed by atoms with E-state index < -0.39 is 0 Å². The summed E-state index contributed by atoms with van der Waals surface area (Å²) in [6.45, 7) is 2.18. The van der Waals surface area contributed by atoms with Crippen LogP contribution >= 0.6 is 0 Å². The Bertz CT molecular complexity index is 246. The Morgan fingerprint density at radius 3 is 2.67 bits per heavy atom. The van der Waals surface area contributed by atoms with E-state index in [1.165, 1.54) is 0 Å². The van der Waals surface area contributed by atoms with Crippen LogP contribution in [0.1, 0.15) is 19.3 Å². The van der Waals surface area contributed by atoms with Crippen molar-refractivity contribution < 1.29 is 14.2 Å². The lowest BCUT2D eigenvalue weighted by atomic mass is 9.85. The predicted molar refractivity (Wildman–Crippen MR) is 56.4 cm³/mol. The van der Waals surface area contributed by atoms with Crippen LogP contribution in [-0.2, 0) is 14.2 Å². The van der Waals surface area contributed by atoms with Crippen LogP contribution < -0.4 is 5.73 Å². The molecular weight excluding hydrogens is 194 g/mol. The highest BCUT2D eigenvalue weighted by Crippen LogP contribution is 2.32. The molecule has 2 N–H and O–H groups in total. The quantitative estimate of drug-likeness (QED) is 0.754. The van der Waals surface area contributed by atoms with Crippen LogP contribution in [0.3, 0.4) is 0 Å². The van der Waals surface area contributed by atoms with Gasteiger partial charge in [0.15, 0.2) is 0 Å². The number of hydrogen-bond donors (Lipinski definition) is 1. The second-order valence-corrected chi connectivity index (χ2v) is 4.10. The van der Waals surface area contributed by atoms with Gasteiger partial charge in [0.25, 0.3) is 0 Å². The predicted octanol–water partition coefficient (Wildman–Crippen LogP) is 0.813. The van der Waals surface area contributed by atoms with Crippen LogP contribution in [0.5, 0.6) is 0 Å². The lowest BCUT2D eigenvalue weighted by Crippen LogP contribution is -2.53. The molecule has 4 heteroatoms. The molecule has 2 rings (SSSR count). The van der Waals surface area contributed by atoms with Crippen LogP contribution in [-0.4, -0.2) is 38.6 Å². The number of hydrogen-bond acceptors (Lipinski definition) is 4. The van der Waals surface area contributed by atoms with E-state index in [1.807, 2.05) is 0 Å². The Labute approximate surface area is 90.4 Å². The third-order valence-corrected chi connectivity index (χ3v) is 3.35. The zero-order valence-corrected chi connectivity index (χ0v) is 9.20. The summed E-state index contributed by atoms with van der Waals surface area (Å²) in [4.78, 5) is 0. The average Bonchev–Trinajstić information content (AvgIpc) is 2.82. The van der Waals surface area contributed by atoms with Crippen molar-refractivity contribution in [3.05, 3.63) is 11.8 Å². The van der Waals surface area contributed by atoms with E-state index in [4.69, 9.17) is 19.9 Å². The maximum absolute atomic E-state index is 6.23. The van der Waals surface area contributed by atoms with Gasteiger partial charge in [0.2, 0.25) is 0 Å². The lowest BCUT2D eigenvalue weighted by molar-refractivity contribution is -0.103. The van der Waals surface area contributed by atoms with Gasteiger partial charge < -0.3 is 19.9 Å². The molecule has 0 bridgehead atoms. The van der Waals surface area contributed by atoms with Crippen LogP contribution in [0.4, 0.5) is 0 Å². The molecule has 0 aromatic heterocycles. The molecular formula is C11H19NO3. The van der Waals surface area contributed by atoms with Crippen molar-refractivity contribution in [2.45, 2.75) is 30.9 Å². The van der Waals surface area contributed by atoms with E-state index in [9.17, 15) is 0 Å². The Kier molecular flexibility index (Phi) is 3.29. The fourth-order valence-corrected chi connectivity index (χ4v) is 2.27. The van der Waals surface area contributed by atoms with Gasteiger partial charge in [0.1, 0.15) is 5.76 Å². The summed E-state index contributed by atoms with van der Waals surface area (Å²) in [5.41, 5.74) is 5.93. The molecule has 4 nitrogen and oxygen atoms in total. The second-order valence-electron chi connectivity index (χ2n) is 4.10. The van der Waals surface area contributed by atoms with Crippen LogP contribution in [0, 0.1) is 0 Å². The summed E-state index contributed by atoms with van der Waals surface area (Å²) < 4.78 is 16.5. The van der Waals surface area contributed by atoms with Crippen molar-refractivity contribution in [3.8, 4) is 0 Å². The van der Waals surface area contributed by atoms with Gasteiger partial charge >= 0.3 is 0 Å². The molecule has 86 valence electrons. The molecule has 1 saturated heterocycles. The van der Waals surface area contributed by atoms with Gasteiger partial charge in [0, 0.05) is 39.6 Å². The van der Waals surface area contributed by atoms with E-state index in [0.717, 1.165) is 44.8 Å². The number of rotatable bonds is 3. The van der Waals surface area contributed by atoms with Gasteiger partial charge in [-0.15, -0.1) is 0 Å². The monoisotopic (exact) mass is 213 g/mol. The fourth-order valence-electron chi connectivity index (χ4n) is 2.27. The summed E-state index contributed by atoms with van der Waals surface area (Å²) in [7, 11) is 1.72. The normalized spacial score (nSPS) is 26.9. The van der Waals surface area contributed by atoms with E-state index in [2.05, 4.69) is 6.08 Å². The van der Waals surface area contributed by atoms with Gasteiger partial charge in [-0.25, -0.2) is 0 Å². The number of methoxy groups -OCH3 is 1. The Morgan fingerprint density at radius 2 is 2.13 bits per heavy atom. The molecule has 0 saturated carbocycles. The molecule has 0 aromatic carbocycles. The molecule has 2 aliphatic rings. The molecule has 0 spiro atoms. The largest absolute Gasteiger partial charge is 0.496 e. The van der Waals surface area contributed by atoms with E-state index >= 15 is 0 Å². The highest BCUT2D eigenvalue weighted by molar-refractivity contribution is 5.14. The first kappa shape index (κ1) is 10.9. The molecule has 2 heterocycles. The molecule has 1 unspecified atom stereocenters. The highest BCUT2D eigenvalue weighted by Gasteiger charge is 2.41. The first-order chi connectivity index (χ1) is 7.28. The van der Waals surface area contributed by atoms with E-state index in [0.29, 0.717) is 0 Å². The third kappa shape index (κ3) is 2.02. The van der Waals surface area contributed by atoms with Gasteiger partial charge in [-0.2, -0.15) is 0 Å². The molecule has 2 aliphatic heterocycles. The third-order valence-electron chi connectivity index (χ3n) is 3.35. The average molecular weight is 213 g/mol. The molecule has 1 fully saturated rings. The molecule has 0 radical (unpaired) electrons. The molecule has 0 amide bonds. The van der Waals surface area contributed by atoms with Crippen molar-refractivity contribution in [2.75, 3.05) is 26.9 Å². The summed E-state index contributed by atoms with van der Waals surface area (Å²) in [5, 5.41) is 0. The first-order valence-corrected chi connectivity index (χ1v) is 5.50. The minimum Gasteiger partial charge on any atom is -0.496 e. The lowest BCUT2D eigenvalue weighted by Gasteiger charge is -2.40. The SMILES string of the molecule is COC1(C(N)C2=CCCO2)CCOCC1. The van der Waals surface area contributed by atoms with Gasteiger partial charge in [-0.3, -0.25) is 0 Å². The minimum atomic E-state index is -0.297. The zero-order chi connectivity index (χ0) is 10.7. The van der Waals surface area contributed by atoms with Crippen molar-refractivity contribution in [3.63, 3.8) is 0 Å². The summed E-state index contributed by atoms with van der Waals surface area (Å²) in [5.74, 6) is 0.888. The maximum atomic E-state index is 6.23. The van der Waals surface area contributed by atoms with Crippen molar-refractivity contribution >= 4 is 0 Å². The zero-order valence-electron chi connectivity index (χ0n) is 9.20. The smallest absolute Gasteiger partial charge is 0.112 e.